The summed E-state index contributed by atoms with van der Waals surface area (Å²) in [7, 11) is 1.58. The fourth-order valence-corrected chi connectivity index (χ4v) is 3.46. The van der Waals surface area contributed by atoms with Gasteiger partial charge >= 0.3 is 0 Å². The first kappa shape index (κ1) is 18.0. The van der Waals surface area contributed by atoms with Gasteiger partial charge in [0.15, 0.2) is 0 Å². The van der Waals surface area contributed by atoms with Gasteiger partial charge in [0.2, 0.25) is 0 Å². The second-order valence-corrected chi connectivity index (χ2v) is 7.23. The van der Waals surface area contributed by atoms with Crippen LogP contribution in [0.25, 0.3) is 21.8 Å². The first-order valence-electron chi connectivity index (χ1n) is 9.39. The van der Waals surface area contributed by atoms with E-state index in [2.05, 4.69) is 29.1 Å². The van der Waals surface area contributed by atoms with E-state index < -0.39 is 0 Å². The molecule has 2 N–H and O–H groups in total. The summed E-state index contributed by atoms with van der Waals surface area (Å²) in [6.45, 7) is 4.13. The van der Waals surface area contributed by atoms with E-state index >= 15 is 0 Å². The number of carbonyl (C=O) groups is 1. The molecule has 4 aromatic rings. The lowest BCUT2D eigenvalue weighted by Crippen LogP contribution is -2.32. The second-order valence-electron chi connectivity index (χ2n) is 7.23. The van der Waals surface area contributed by atoms with Crippen molar-refractivity contribution in [3.63, 3.8) is 0 Å². The molecule has 0 aliphatic rings. The van der Waals surface area contributed by atoms with Gasteiger partial charge in [0, 0.05) is 0 Å². The monoisotopic (exact) mass is 373 g/mol. The minimum Gasteiger partial charge on any atom is -0.496 e. The second kappa shape index (κ2) is 7.35. The quantitative estimate of drug-likeness (QED) is 0.525. The highest BCUT2D eigenvalue weighted by Gasteiger charge is 2.24. The van der Waals surface area contributed by atoms with E-state index in [0.717, 1.165) is 27.6 Å². The summed E-state index contributed by atoms with van der Waals surface area (Å²) < 4.78 is 5.49. The topological polar surface area (TPSA) is 67.0 Å². The van der Waals surface area contributed by atoms with Gasteiger partial charge < -0.3 is 15.0 Å². The van der Waals surface area contributed by atoms with Gasteiger partial charge in [-0.05, 0) is 41.0 Å². The third-order valence-electron chi connectivity index (χ3n) is 4.97. The average molecular weight is 373 g/mol. The van der Waals surface area contributed by atoms with Crippen LogP contribution in [-0.2, 0) is 0 Å². The molecule has 4 rings (SSSR count). The number of imidazole rings is 1. The summed E-state index contributed by atoms with van der Waals surface area (Å²) in [6, 6.07) is 19.3. The Balaban J connectivity index is 1.69. The maximum Gasteiger partial charge on any atom is 0.255 e. The number of amides is 1. The Kier molecular flexibility index (Phi) is 4.74. The number of carbonyl (C=O) groups excluding carboxylic acids is 1. The van der Waals surface area contributed by atoms with E-state index in [1.54, 1.807) is 7.11 Å². The number of hydrogen-bond donors (Lipinski definition) is 2. The predicted molar refractivity (Wildman–Crippen MR) is 112 cm³/mol. The van der Waals surface area contributed by atoms with Crippen LogP contribution in [0.15, 0.2) is 60.7 Å². The summed E-state index contributed by atoms with van der Waals surface area (Å²) in [5.74, 6) is 1.30. The van der Waals surface area contributed by atoms with Crippen molar-refractivity contribution >= 4 is 27.7 Å². The normalized spacial score (nSPS) is 12.4. The number of H-pyrrole nitrogens is 1. The van der Waals surface area contributed by atoms with E-state index in [1.807, 2.05) is 60.7 Å². The van der Waals surface area contributed by atoms with Gasteiger partial charge in [0.1, 0.15) is 11.6 Å². The molecule has 5 heteroatoms. The molecule has 5 nitrogen and oxygen atoms in total. The molecule has 3 aromatic carbocycles. The van der Waals surface area contributed by atoms with E-state index in [1.165, 1.54) is 0 Å². The molecule has 0 fully saturated rings. The van der Waals surface area contributed by atoms with Crippen molar-refractivity contribution in [3.8, 4) is 5.75 Å². The molecule has 28 heavy (non-hydrogen) atoms. The summed E-state index contributed by atoms with van der Waals surface area (Å²) >= 11 is 0. The van der Waals surface area contributed by atoms with Gasteiger partial charge in [-0.3, -0.25) is 4.79 Å². The maximum absolute atomic E-state index is 13.1. The number of methoxy groups -OCH3 is 1. The minimum atomic E-state index is -0.240. The molecule has 0 bridgehead atoms. The van der Waals surface area contributed by atoms with Crippen molar-refractivity contribution in [2.75, 3.05) is 7.11 Å². The molecule has 1 aromatic heterocycles. The van der Waals surface area contributed by atoms with Crippen molar-refractivity contribution in [2.24, 2.45) is 5.92 Å². The molecule has 0 saturated carbocycles. The lowest BCUT2D eigenvalue weighted by atomic mass is 10.0. The molecule has 1 atom stereocenters. The van der Waals surface area contributed by atoms with Crippen molar-refractivity contribution in [1.82, 2.24) is 15.3 Å². The van der Waals surface area contributed by atoms with E-state index in [4.69, 9.17) is 4.74 Å². The van der Waals surface area contributed by atoms with Crippen LogP contribution in [0.5, 0.6) is 5.75 Å². The molecule has 0 aliphatic carbocycles. The lowest BCUT2D eigenvalue weighted by molar-refractivity contribution is 0.0920. The standard InChI is InChI=1S/C23H23N3O2/c1-14(2)21(22-24-18-10-6-7-11-19(18)25-22)26-23(27)17-12-15-8-4-5-9-16(15)13-20(17)28-3/h4-14,21H,1-3H3,(H,24,25)(H,26,27). The Morgan fingerprint density at radius 3 is 2.39 bits per heavy atom. The van der Waals surface area contributed by atoms with Gasteiger partial charge in [0.25, 0.3) is 5.91 Å². The highest BCUT2D eigenvalue weighted by molar-refractivity contribution is 6.01. The lowest BCUT2D eigenvalue weighted by Gasteiger charge is -2.21. The van der Waals surface area contributed by atoms with Gasteiger partial charge in [-0.15, -0.1) is 0 Å². The predicted octanol–water partition coefficient (Wildman–Crippen LogP) is 4.85. The minimum absolute atomic E-state index is 0.163. The number of fused-ring (bicyclic) bond motifs is 2. The largest absolute Gasteiger partial charge is 0.496 e. The van der Waals surface area contributed by atoms with Crippen LogP contribution in [0, 0.1) is 5.92 Å². The summed E-state index contributed by atoms with van der Waals surface area (Å²) in [5.41, 5.74) is 2.37. The number of ether oxygens (including phenoxy) is 1. The molecular formula is C23H23N3O2. The Hall–Kier alpha value is -3.34. The number of aromatic nitrogens is 2. The van der Waals surface area contributed by atoms with Crippen LogP contribution >= 0.6 is 0 Å². The number of hydrogen-bond acceptors (Lipinski definition) is 3. The molecule has 1 heterocycles. The van der Waals surface area contributed by atoms with Crippen molar-refractivity contribution in [1.29, 1.82) is 0 Å². The molecule has 1 amide bonds. The summed E-state index contributed by atoms with van der Waals surface area (Å²) in [4.78, 5) is 21.1. The Morgan fingerprint density at radius 2 is 1.71 bits per heavy atom. The van der Waals surface area contributed by atoms with Crippen LogP contribution in [0.3, 0.4) is 0 Å². The van der Waals surface area contributed by atoms with Crippen molar-refractivity contribution in [3.05, 3.63) is 72.1 Å². The van der Waals surface area contributed by atoms with E-state index in [9.17, 15) is 4.79 Å². The summed E-state index contributed by atoms with van der Waals surface area (Å²) in [6.07, 6.45) is 0. The number of benzene rings is 3. The Labute approximate surface area is 163 Å². The van der Waals surface area contributed by atoms with Crippen LogP contribution < -0.4 is 10.1 Å². The SMILES string of the molecule is COc1cc2ccccc2cc1C(=O)NC(c1nc2ccccc2[nH]1)C(C)C. The van der Waals surface area contributed by atoms with Gasteiger partial charge in [-0.2, -0.15) is 0 Å². The third-order valence-corrected chi connectivity index (χ3v) is 4.97. The number of nitrogens with zero attached hydrogens (tertiary/aromatic N) is 1. The number of nitrogens with one attached hydrogen (secondary N) is 2. The maximum atomic E-state index is 13.1. The molecule has 0 aliphatic heterocycles. The zero-order valence-electron chi connectivity index (χ0n) is 16.2. The van der Waals surface area contributed by atoms with Gasteiger partial charge in [0.05, 0.1) is 29.7 Å². The third kappa shape index (κ3) is 3.31. The zero-order valence-corrected chi connectivity index (χ0v) is 16.2. The molecule has 0 radical (unpaired) electrons. The van der Waals surface area contributed by atoms with Crippen molar-refractivity contribution < 1.29 is 9.53 Å². The molecule has 0 saturated heterocycles. The first-order chi connectivity index (χ1) is 13.6. The van der Waals surface area contributed by atoms with Crippen LogP contribution in [-0.4, -0.2) is 23.0 Å². The van der Waals surface area contributed by atoms with Crippen LogP contribution in [0.4, 0.5) is 0 Å². The highest BCUT2D eigenvalue weighted by Crippen LogP contribution is 2.28. The van der Waals surface area contributed by atoms with Crippen molar-refractivity contribution in [2.45, 2.75) is 19.9 Å². The zero-order chi connectivity index (χ0) is 19.7. The molecule has 1 unspecified atom stereocenters. The fourth-order valence-electron chi connectivity index (χ4n) is 3.46. The van der Waals surface area contributed by atoms with Gasteiger partial charge in [-0.25, -0.2) is 4.98 Å². The molecular weight excluding hydrogens is 350 g/mol. The number of aromatic amines is 1. The van der Waals surface area contributed by atoms with Crippen LogP contribution in [0.2, 0.25) is 0 Å². The number of rotatable bonds is 5. The van der Waals surface area contributed by atoms with E-state index in [-0.39, 0.29) is 17.9 Å². The fraction of sp³-hybridized carbons (Fsp3) is 0.217. The first-order valence-corrected chi connectivity index (χ1v) is 9.39. The number of para-hydroxylation sites is 2. The van der Waals surface area contributed by atoms with Crippen LogP contribution in [0.1, 0.15) is 36.1 Å². The molecule has 0 spiro atoms. The average Bonchev–Trinajstić information content (AvgIpc) is 3.14. The smallest absolute Gasteiger partial charge is 0.255 e. The summed E-state index contributed by atoms with van der Waals surface area (Å²) in [5, 5.41) is 5.17. The highest BCUT2D eigenvalue weighted by atomic mass is 16.5. The Morgan fingerprint density at radius 1 is 1.04 bits per heavy atom. The molecule has 142 valence electrons. The van der Waals surface area contributed by atoms with E-state index in [0.29, 0.717) is 11.3 Å². The Bertz CT molecular complexity index is 1110. The van der Waals surface area contributed by atoms with Gasteiger partial charge in [-0.1, -0.05) is 50.2 Å².